The number of carboxylic acids is 1. The molecule has 0 aliphatic heterocycles. The number of aromatic nitrogens is 1. The topological polar surface area (TPSA) is 112 Å². The molecule has 0 amide bonds. The molecule has 1 fully saturated rings. The van der Waals surface area contributed by atoms with Crippen LogP contribution in [-0.2, 0) is 19.7 Å². The normalized spacial score (nSPS) is 13.8. The number of rotatable bonds is 6. The summed E-state index contributed by atoms with van der Waals surface area (Å²) in [5.41, 5.74) is 1.60. The Balaban J connectivity index is 0.000000233. The lowest BCUT2D eigenvalue weighted by Crippen LogP contribution is -2.17. The molecular weight excluding hydrogens is 515 g/mol. The van der Waals surface area contributed by atoms with E-state index in [2.05, 4.69) is 27.6 Å². The first-order chi connectivity index (χ1) is 17.4. The summed E-state index contributed by atoms with van der Waals surface area (Å²) < 4.78 is 10.1. The van der Waals surface area contributed by atoms with Gasteiger partial charge < -0.3 is 15.2 Å². The van der Waals surface area contributed by atoms with Crippen molar-refractivity contribution in [2.45, 2.75) is 31.3 Å². The summed E-state index contributed by atoms with van der Waals surface area (Å²) in [6, 6.07) is 15.7. The molecule has 0 radical (unpaired) electrons. The smallest absolute Gasteiger partial charge is 0.314 e. The predicted molar refractivity (Wildman–Crippen MR) is 143 cm³/mol. The minimum absolute atomic E-state index is 0.145. The van der Waals surface area contributed by atoms with Gasteiger partial charge in [0.1, 0.15) is 22.5 Å². The van der Waals surface area contributed by atoms with Crippen LogP contribution in [0.2, 0.25) is 0 Å². The van der Waals surface area contributed by atoms with Crippen molar-refractivity contribution in [2.75, 3.05) is 12.4 Å². The van der Waals surface area contributed by atoms with Crippen LogP contribution >= 0.6 is 34.2 Å². The van der Waals surface area contributed by atoms with E-state index in [9.17, 15) is 14.7 Å². The van der Waals surface area contributed by atoms with Gasteiger partial charge in [0.05, 0.1) is 14.6 Å². The van der Waals surface area contributed by atoms with Crippen molar-refractivity contribution in [3.63, 3.8) is 0 Å². The summed E-state index contributed by atoms with van der Waals surface area (Å²) in [5, 5.41) is 22.5. The van der Waals surface area contributed by atoms with E-state index in [0.29, 0.717) is 22.7 Å². The maximum absolute atomic E-state index is 11.4. The Morgan fingerprint density at radius 1 is 1.25 bits per heavy atom. The van der Waals surface area contributed by atoms with E-state index in [1.54, 1.807) is 29.7 Å². The highest BCUT2D eigenvalue weighted by Gasteiger charge is 2.53. The molecule has 1 unspecified atom stereocenters. The lowest BCUT2D eigenvalue weighted by Gasteiger charge is -2.08. The molecule has 3 aromatic heterocycles. The van der Waals surface area contributed by atoms with E-state index in [1.807, 2.05) is 49.4 Å². The second-order valence-electron chi connectivity index (χ2n) is 7.98. The standard InChI is InChI=1S/C17H11N3O2S3.C9H10O2/c1-19-14-11(20-25-12(14)8-18)3-2-10-6-9-7-13(24-15(9)23-10)17(4-5-17)16(21)22;1-8(11-7-10)9-5-3-2-4-6-9/h6-7,19H,4-5H2,1H3,(H,21,22);2-8H,1H3. The minimum atomic E-state index is -0.724. The molecule has 4 aromatic rings. The number of nitriles is 1. The monoisotopic (exact) mass is 535 g/mol. The average molecular weight is 536 g/mol. The maximum Gasteiger partial charge on any atom is 0.314 e. The summed E-state index contributed by atoms with van der Waals surface area (Å²) in [5.74, 6) is 5.39. The fourth-order valence-electron chi connectivity index (χ4n) is 3.52. The number of carbonyl (C=O) groups excluding carboxylic acids is 1. The zero-order valence-electron chi connectivity index (χ0n) is 19.4. The van der Waals surface area contributed by atoms with Gasteiger partial charge >= 0.3 is 5.97 Å². The van der Waals surface area contributed by atoms with Gasteiger partial charge in [0.25, 0.3) is 6.47 Å². The van der Waals surface area contributed by atoms with Crippen molar-refractivity contribution in [1.82, 2.24) is 4.37 Å². The van der Waals surface area contributed by atoms with Crippen molar-refractivity contribution in [2.24, 2.45) is 0 Å². The first-order valence-corrected chi connectivity index (χ1v) is 13.3. The highest BCUT2D eigenvalue weighted by atomic mass is 32.2. The fourth-order valence-corrected chi connectivity index (χ4v) is 6.71. The fraction of sp³-hybridized carbons (Fsp3) is 0.231. The number of aliphatic carboxylic acids is 1. The molecule has 0 saturated heterocycles. The van der Waals surface area contributed by atoms with Crippen molar-refractivity contribution in [3.8, 4) is 17.9 Å². The number of thiophene rings is 2. The van der Waals surface area contributed by atoms with Gasteiger partial charge in [-0.25, -0.2) is 0 Å². The summed E-state index contributed by atoms with van der Waals surface area (Å²) >= 11 is 4.25. The number of hydrogen-bond donors (Lipinski definition) is 2. The Labute approximate surface area is 220 Å². The van der Waals surface area contributed by atoms with Crippen LogP contribution < -0.4 is 5.32 Å². The number of hydrogen-bond acceptors (Lipinski definition) is 9. The van der Waals surface area contributed by atoms with Crippen LogP contribution in [0, 0.1) is 23.2 Å². The number of anilines is 1. The third-order valence-electron chi connectivity index (χ3n) is 5.72. The quantitative estimate of drug-likeness (QED) is 0.238. The van der Waals surface area contributed by atoms with Gasteiger partial charge in [0.15, 0.2) is 5.69 Å². The van der Waals surface area contributed by atoms with Gasteiger partial charge in [0, 0.05) is 17.3 Å². The molecule has 1 aliphatic rings. The number of carboxylic acid groups (broad SMARTS) is 1. The highest BCUT2D eigenvalue weighted by Crippen LogP contribution is 2.52. The number of carbonyl (C=O) groups is 2. The van der Waals surface area contributed by atoms with E-state index >= 15 is 0 Å². The van der Waals surface area contributed by atoms with Gasteiger partial charge in [-0.1, -0.05) is 30.3 Å². The molecule has 1 aromatic carbocycles. The van der Waals surface area contributed by atoms with Gasteiger partial charge in [-0.15, -0.1) is 22.7 Å². The first-order valence-electron chi connectivity index (χ1n) is 10.9. The maximum atomic E-state index is 11.4. The molecule has 0 spiro atoms. The molecule has 10 heteroatoms. The van der Waals surface area contributed by atoms with Crippen molar-refractivity contribution in [1.29, 1.82) is 5.26 Å². The molecule has 5 rings (SSSR count). The van der Waals surface area contributed by atoms with Crippen LogP contribution in [0.15, 0.2) is 42.5 Å². The first kappa shape index (κ1) is 25.4. The van der Waals surface area contributed by atoms with Crippen LogP contribution in [0.3, 0.4) is 0 Å². The van der Waals surface area contributed by atoms with Crippen LogP contribution in [0.25, 0.3) is 9.40 Å². The Bertz CT molecular complexity index is 1470. The lowest BCUT2D eigenvalue weighted by atomic mass is 10.1. The molecule has 1 aliphatic carbocycles. The number of fused-ring (bicyclic) bond motifs is 1. The minimum Gasteiger partial charge on any atom is -0.481 e. The van der Waals surface area contributed by atoms with E-state index in [4.69, 9.17) is 10.00 Å². The van der Waals surface area contributed by atoms with Crippen LogP contribution in [0.4, 0.5) is 5.69 Å². The summed E-state index contributed by atoms with van der Waals surface area (Å²) in [4.78, 5) is 23.8. The van der Waals surface area contributed by atoms with Gasteiger partial charge in [-0.3, -0.25) is 9.59 Å². The zero-order chi connectivity index (χ0) is 25.7. The molecule has 3 heterocycles. The number of ether oxygens (including phenoxy) is 1. The molecule has 2 N–H and O–H groups in total. The average Bonchev–Trinajstić information content (AvgIpc) is 3.25. The third kappa shape index (κ3) is 5.26. The molecule has 7 nitrogen and oxygen atoms in total. The molecule has 182 valence electrons. The SMILES string of the molecule is CC(OC=O)c1ccccc1.CNc1c(C#Cc2cc3cc(C4(C(=O)O)CC4)sc3s2)nsc1C#N. The van der Waals surface area contributed by atoms with Gasteiger partial charge in [0.2, 0.25) is 0 Å². The molecule has 0 bridgehead atoms. The van der Waals surface area contributed by atoms with E-state index < -0.39 is 11.4 Å². The highest BCUT2D eigenvalue weighted by molar-refractivity contribution is 7.38. The number of benzene rings is 1. The Morgan fingerprint density at radius 3 is 2.58 bits per heavy atom. The second-order valence-corrected chi connectivity index (χ2v) is 11.1. The van der Waals surface area contributed by atoms with E-state index in [0.717, 1.165) is 49.1 Å². The van der Waals surface area contributed by atoms with Crippen LogP contribution in [0.1, 0.15) is 51.8 Å². The largest absolute Gasteiger partial charge is 0.481 e. The van der Waals surface area contributed by atoms with Gasteiger partial charge in [-0.05, 0) is 60.8 Å². The number of nitrogens with one attached hydrogen (secondary N) is 1. The molecule has 1 atom stereocenters. The lowest BCUT2D eigenvalue weighted by molar-refractivity contribution is -0.140. The van der Waals surface area contributed by atoms with Crippen LogP contribution in [0.5, 0.6) is 0 Å². The van der Waals surface area contributed by atoms with E-state index in [1.165, 1.54) is 0 Å². The Hall–Kier alpha value is -3.70. The predicted octanol–water partition coefficient (Wildman–Crippen LogP) is 5.77. The molecule has 1 saturated carbocycles. The molecular formula is C26H21N3O4S3. The molecule has 36 heavy (non-hydrogen) atoms. The van der Waals surface area contributed by atoms with Crippen molar-refractivity contribution < 1.29 is 19.4 Å². The third-order valence-corrected chi connectivity index (χ3v) is 8.98. The van der Waals surface area contributed by atoms with E-state index in [-0.39, 0.29) is 6.10 Å². The van der Waals surface area contributed by atoms with Gasteiger partial charge in [-0.2, -0.15) is 9.64 Å². The summed E-state index contributed by atoms with van der Waals surface area (Å²) in [7, 11) is 1.74. The summed E-state index contributed by atoms with van der Waals surface area (Å²) in [6.07, 6.45) is 1.30. The Kier molecular flexibility index (Phi) is 7.70. The summed E-state index contributed by atoms with van der Waals surface area (Å²) in [6.45, 7) is 2.31. The zero-order valence-corrected chi connectivity index (χ0v) is 21.9. The van der Waals surface area contributed by atoms with Crippen LogP contribution in [-0.4, -0.2) is 29.0 Å². The van der Waals surface area contributed by atoms with Crippen molar-refractivity contribution in [3.05, 3.63) is 68.4 Å². The Morgan fingerprint density at radius 2 is 2.00 bits per heavy atom. The second kappa shape index (κ2) is 10.9. The number of nitrogens with zero attached hydrogens (tertiary/aromatic N) is 2. The van der Waals surface area contributed by atoms with Crippen molar-refractivity contribution >= 4 is 61.7 Å².